The largest absolute Gasteiger partial charge is 0.478 e. The highest BCUT2D eigenvalue weighted by Crippen LogP contribution is 2.28. The molecule has 0 fully saturated rings. The number of hydrogen-bond donors (Lipinski definition) is 1. The number of rotatable bonds is 3. The fourth-order valence-corrected chi connectivity index (χ4v) is 2.39. The van der Waals surface area contributed by atoms with Crippen molar-refractivity contribution in [3.63, 3.8) is 0 Å². The predicted octanol–water partition coefficient (Wildman–Crippen LogP) is 3.48. The van der Waals surface area contributed by atoms with Crippen molar-refractivity contribution in [2.24, 2.45) is 0 Å². The second kappa shape index (κ2) is 5.36. The van der Waals surface area contributed by atoms with Crippen molar-refractivity contribution in [1.82, 2.24) is 0 Å². The SMILES string of the molecule is O=C(O)C1=C(C(=O)c2cccc(Cl)c2)CCCC1. The molecule has 2 rings (SSSR count). The zero-order chi connectivity index (χ0) is 13.1. The summed E-state index contributed by atoms with van der Waals surface area (Å²) in [5, 5.41) is 9.60. The van der Waals surface area contributed by atoms with Crippen LogP contribution in [0.4, 0.5) is 0 Å². The molecule has 1 aromatic carbocycles. The summed E-state index contributed by atoms with van der Waals surface area (Å²) >= 11 is 5.84. The Morgan fingerprint density at radius 3 is 2.39 bits per heavy atom. The Bertz CT molecular complexity index is 532. The van der Waals surface area contributed by atoms with Gasteiger partial charge >= 0.3 is 5.97 Å². The molecule has 1 aromatic rings. The summed E-state index contributed by atoms with van der Waals surface area (Å²) in [7, 11) is 0. The Morgan fingerprint density at radius 2 is 1.78 bits per heavy atom. The van der Waals surface area contributed by atoms with E-state index in [1.807, 2.05) is 0 Å². The van der Waals surface area contributed by atoms with Gasteiger partial charge in [0.05, 0.1) is 0 Å². The lowest BCUT2D eigenvalue weighted by atomic mass is 9.87. The first-order valence-electron chi connectivity index (χ1n) is 5.85. The van der Waals surface area contributed by atoms with Gasteiger partial charge in [0.1, 0.15) is 0 Å². The highest BCUT2D eigenvalue weighted by Gasteiger charge is 2.24. The third-order valence-electron chi connectivity index (χ3n) is 3.09. The number of halogens is 1. The number of carboxylic acid groups (broad SMARTS) is 1. The van der Waals surface area contributed by atoms with Gasteiger partial charge in [0.25, 0.3) is 0 Å². The second-order valence-electron chi connectivity index (χ2n) is 4.31. The first-order chi connectivity index (χ1) is 8.59. The van der Waals surface area contributed by atoms with Gasteiger partial charge in [-0.3, -0.25) is 4.79 Å². The fourth-order valence-electron chi connectivity index (χ4n) is 2.20. The Labute approximate surface area is 110 Å². The van der Waals surface area contributed by atoms with Crippen molar-refractivity contribution in [2.75, 3.05) is 0 Å². The number of allylic oxidation sites excluding steroid dienone is 1. The van der Waals surface area contributed by atoms with Crippen LogP contribution in [-0.4, -0.2) is 16.9 Å². The van der Waals surface area contributed by atoms with Gasteiger partial charge < -0.3 is 5.11 Å². The topological polar surface area (TPSA) is 54.4 Å². The Morgan fingerprint density at radius 1 is 1.11 bits per heavy atom. The molecule has 1 aliphatic carbocycles. The Hall–Kier alpha value is -1.61. The Balaban J connectivity index is 2.40. The minimum absolute atomic E-state index is 0.213. The summed E-state index contributed by atoms with van der Waals surface area (Å²) in [6, 6.07) is 6.62. The number of carbonyl (C=O) groups is 2. The quantitative estimate of drug-likeness (QED) is 0.851. The molecule has 4 heteroatoms. The van der Waals surface area contributed by atoms with Gasteiger partial charge in [-0.05, 0) is 37.8 Å². The highest BCUT2D eigenvalue weighted by atomic mass is 35.5. The summed E-state index contributed by atoms with van der Waals surface area (Å²) in [6.45, 7) is 0. The van der Waals surface area contributed by atoms with E-state index >= 15 is 0 Å². The van der Waals surface area contributed by atoms with Crippen molar-refractivity contribution in [3.05, 3.63) is 46.0 Å². The van der Waals surface area contributed by atoms with E-state index in [-0.39, 0.29) is 11.4 Å². The van der Waals surface area contributed by atoms with Gasteiger partial charge in [0, 0.05) is 21.7 Å². The van der Waals surface area contributed by atoms with Crippen LogP contribution in [0.3, 0.4) is 0 Å². The molecule has 3 nitrogen and oxygen atoms in total. The highest BCUT2D eigenvalue weighted by molar-refractivity contribution is 6.31. The van der Waals surface area contributed by atoms with Crippen molar-refractivity contribution in [2.45, 2.75) is 25.7 Å². The van der Waals surface area contributed by atoms with Crippen LogP contribution < -0.4 is 0 Å². The molecular formula is C14H13ClO3. The molecule has 1 aliphatic rings. The van der Waals surface area contributed by atoms with E-state index < -0.39 is 5.97 Å². The number of hydrogen-bond acceptors (Lipinski definition) is 2. The van der Waals surface area contributed by atoms with Crippen LogP contribution in [0.25, 0.3) is 0 Å². The van der Waals surface area contributed by atoms with Crippen LogP contribution in [0.5, 0.6) is 0 Å². The third-order valence-corrected chi connectivity index (χ3v) is 3.32. The van der Waals surface area contributed by atoms with Crippen molar-refractivity contribution >= 4 is 23.4 Å². The molecule has 0 unspecified atom stereocenters. The van der Waals surface area contributed by atoms with E-state index in [1.54, 1.807) is 24.3 Å². The zero-order valence-electron chi connectivity index (χ0n) is 9.78. The van der Waals surface area contributed by atoms with Gasteiger partial charge in [-0.15, -0.1) is 0 Å². The second-order valence-corrected chi connectivity index (χ2v) is 4.75. The maximum atomic E-state index is 12.3. The molecule has 18 heavy (non-hydrogen) atoms. The van der Waals surface area contributed by atoms with Gasteiger partial charge in [-0.2, -0.15) is 0 Å². The Kier molecular flexibility index (Phi) is 3.82. The first kappa shape index (κ1) is 12.8. The van der Waals surface area contributed by atoms with Crippen LogP contribution in [0.1, 0.15) is 36.0 Å². The van der Waals surface area contributed by atoms with Crippen LogP contribution in [0.2, 0.25) is 5.02 Å². The van der Waals surface area contributed by atoms with Gasteiger partial charge in [0.2, 0.25) is 0 Å². The van der Waals surface area contributed by atoms with Gasteiger partial charge in [-0.25, -0.2) is 4.79 Å². The summed E-state index contributed by atoms with van der Waals surface area (Å²) in [5.74, 6) is -1.20. The average Bonchev–Trinajstić information content (AvgIpc) is 2.38. The molecule has 0 heterocycles. The van der Waals surface area contributed by atoms with Crippen molar-refractivity contribution < 1.29 is 14.7 Å². The molecule has 0 saturated carbocycles. The molecule has 0 aliphatic heterocycles. The maximum Gasteiger partial charge on any atom is 0.331 e. The minimum Gasteiger partial charge on any atom is -0.478 e. The predicted molar refractivity (Wildman–Crippen MR) is 68.9 cm³/mol. The molecule has 0 bridgehead atoms. The summed E-state index contributed by atoms with van der Waals surface area (Å²) in [5.41, 5.74) is 1.14. The lowest BCUT2D eigenvalue weighted by Gasteiger charge is -2.16. The van der Waals surface area contributed by atoms with Crippen LogP contribution in [0.15, 0.2) is 35.4 Å². The third kappa shape index (κ3) is 2.62. The molecule has 94 valence electrons. The van der Waals surface area contributed by atoms with Crippen LogP contribution in [-0.2, 0) is 4.79 Å². The lowest BCUT2D eigenvalue weighted by molar-refractivity contribution is -0.133. The number of Topliss-reactive ketones (excluding diaryl/α,β-unsaturated/α-hetero) is 1. The van der Waals surface area contributed by atoms with E-state index in [1.165, 1.54) is 0 Å². The van der Waals surface area contributed by atoms with E-state index in [9.17, 15) is 9.59 Å². The number of benzene rings is 1. The summed E-state index contributed by atoms with van der Waals surface area (Å²) in [4.78, 5) is 23.4. The van der Waals surface area contributed by atoms with Crippen LogP contribution in [0, 0.1) is 0 Å². The molecule has 0 saturated heterocycles. The van der Waals surface area contributed by atoms with Crippen LogP contribution >= 0.6 is 11.6 Å². The molecular weight excluding hydrogens is 252 g/mol. The number of carbonyl (C=O) groups excluding carboxylic acids is 1. The standard InChI is InChI=1S/C14H13ClO3/c15-10-5-3-4-9(8-10)13(16)11-6-1-2-7-12(11)14(17)18/h3-5,8H,1-2,6-7H2,(H,17,18). The molecule has 0 atom stereocenters. The van der Waals surface area contributed by atoms with Gasteiger partial charge in [-0.1, -0.05) is 23.7 Å². The monoisotopic (exact) mass is 264 g/mol. The summed E-state index contributed by atoms with van der Waals surface area (Å²) in [6.07, 6.45) is 2.69. The van der Waals surface area contributed by atoms with Crippen molar-refractivity contribution in [1.29, 1.82) is 0 Å². The van der Waals surface area contributed by atoms with Gasteiger partial charge in [0.15, 0.2) is 5.78 Å². The minimum atomic E-state index is -0.986. The number of aliphatic carboxylic acids is 1. The molecule has 0 aromatic heterocycles. The van der Waals surface area contributed by atoms with E-state index in [4.69, 9.17) is 16.7 Å². The molecule has 0 amide bonds. The summed E-state index contributed by atoms with van der Waals surface area (Å²) < 4.78 is 0. The zero-order valence-corrected chi connectivity index (χ0v) is 10.5. The normalized spacial score (nSPS) is 15.6. The average molecular weight is 265 g/mol. The van der Waals surface area contributed by atoms with E-state index in [0.717, 1.165) is 12.8 Å². The molecule has 1 N–H and O–H groups in total. The lowest BCUT2D eigenvalue weighted by Crippen LogP contribution is -2.15. The first-order valence-corrected chi connectivity index (χ1v) is 6.23. The van der Waals surface area contributed by atoms with E-state index in [0.29, 0.717) is 29.0 Å². The van der Waals surface area contributed by atoms with Crippen molar-refractivity contribution in [3.8, 4) is 0 Å². The van der Waals surface area contributed by atoms with E-state index in [2.05, 4.69) is 0 Å². The number of ketones is 1. The fraction of sp³-hybridized carbons (Fsp3) is 0.286. The molecule has 0 radical (unpaired) electrons. The molecule has 0 spiro atoms. The number of carboxylic acids is 1. The smallest absolute Gasteiger partial charge is 0.331 e. The maximum absolute atomic E-state index is 12.3.